The fourth-order valence-corrected chi connectivity index (χ4v) is 3.53. The molecule has 0 bridgehead atoms. The minimum absolute atomic E-state index is 0.179. The van der Waals surface area contributed by atoms with E-state index in [2.05, 4.69) is 26.2 Å². The first-order valence-electron chi connectivity index (χ1n) is 6.37. The second kappa shape index (κ2) is 6.46. The summed E-state index contributed by atoms with van der Waals surface area (Å²) in [5.74, 6) is 0. The summed E-state index contributed by atoms with van der Waals surface area (Å²) < 4.78 is 40.1. The van der Waals surface area contributed by atoms with Crippen molar-refractivity contribution in [3.63, 3.8) is 0 Å². The molecule has 2 aromatic rings. The van der Waals surface area contributed by atoms with Gasteiger partial charge in [0.1, 0.15) is 5.01 Å². The number of nitrogens with zero attached hydrogens (tertiary/aromatic N) is 1. The summed E-state index contributed by atoms with van der Waals surface area (Å²) in [6, 6.07) is 5.46. The maximum absolute atomic E-state index is 13.1. The Kier molecular flexibility index (Phi) is 5.06. The average Bonchev–Trinajstić information content (AvgIpc) is 2.80. The first-order valence-corrected chi connectivity index (χ1v) is 7.98. The summed E-state index contributed by atoms with van der Waals surface area (Å²) in [5.41, 5.74) is 0.837. The van der Waals surface area contributed by atoms with Crippen LogP contribution in [0, 0.1) is 6.92 Å². The molecule has 0 atom stereocenters. The van der Waals surface area contributed by atoms with E-state index in [0.717, 1.165) is 26.9 Å². The molecule has 1 N–H and O–H groups in total. The van der Waals surface area contributed by atoms with Crippen LogP contribution >= 0.6 is 27.3 Å². The number of aryl methyl sites for hydroxylation is 1. The highest BCUT2D eigenvalue weighted by atomic mass is 79.9. The Bertz CT molecular complexity index is 638. The summed E-state index contributed by atoms with van der Waals surface area (Å²) in [6.07, 6.45) is -4.43. The number of hydrogen-bond acceptors (Lipinski definition) is 3. The number of rotatable bonds is 4. The second-order valence-electron chi connectivity index (χ2n) is 4.53. The molecule has 0 spiro atoms. The van der Waals surface area contributed by atoms with E-state index in [4.69, 9.17) is 0 Å². The lowest BCUT2D eigenvalue weighted by Gasteiger charge is -2.05. The number of thiazole rings is 1. The van der Waals surface area contributed by atoms with Crippen LogP contribution in [0.3, 0.4) is 0 Å². The van der Waals surface area contributed by atoms with E-state index in [1.54, 1.807) is 12.1 Å². The predicted molar refractivity (Wildman–Crippen MR) is 82.4 cm³/mol. The van der Waals surface area contributed by atoms with Gasteiger partial charge >= 0.3 is 6.18 Å². The van der Waals surface area contributed by atoms with Crippen LogP contribution in [0.4, 0.5) is 13.2 Å². The van der Waals surface area contributed by atoms with Crippen LogP contribution in [0.2, 0.25) is 0 Å². The fraction of sp³-hybridized carbons (Fsp3) is 0.357. The minimum atomic E-state index is -4.43. The standard InChI is InChI=1S/C14H14BrF3N2S/c1-3-19-7-11-12(14(16,17)18)20-13(21-11)10-5-4-9(15)6-8(10)2/h4-6,19H,3,7H2,1-2H3. The van der Waals surface area contributed by atoms with E-state index in [-0.39, 0.29) is 11.4 Å². The van der Waals surface area contributed by atoms with Gasteiger partial charge in [0.2, 0.25) is 0 Å². The van der Waals surface area contributed by atoms with Gasteiger partial charge < -0.3 is 5.32 Å². The Balaban J connectivity index is 2.47. The lowest BCUT2D eigenvalue weighted by molar-refractivity contribution is -0.141. The first kappa shape index (κ1) is 16.5. The van der Waals surface area contributed by atoms with E-state index in [1.807, 2.05) is 19.9 Å². The first-order chi connectivity index (χ1) is 9.82. The van der Waals surface area contributed by atoms with Gasteiger partial charge in [-0.2, -0.15) is 13.2 Å². The quantitative estimate of drug-likeness (QED) is 0.808. The van der Waals surface area contributed by atoms with Gasteiger partial charge in [-0.3, -0.25) is 0 Å². The predicted octanol–water partition coefficient (Wildman–Crippen LogP) is 5.01. The van der Waals surface area contributed by atoms with Crippen molar-refractivity contribution in [1.29, 1.82) is 0 Å². The van der Waals surface area contributed by atoms with E-state index in [1.165, 1.54) is 0 Å². The molecule has 1 heterocycles. The molecule has 0 amide bonds. The van der Waals surface area contributed by atoms with Crippen molar-refractivity contribution in [3.05, 3.63) is 38.8 Å². The maximum atomic E-state index is 13.1. The van der Waals surface area contributed by atoms with Crippen molar-refractivity contribution in [2.24, 2.45) is 0 Å². The van der Waals surface area contributed by atoms with Crippen LogP contribution < -0.4 is 5.32 Å². The fourth-order valence-electron chi connectivity index (χ4n) is 1.91. The molecular weight excluding hydrogens is 365 g/mol. The molecule has 0 aliphatic rings. The molecule has 2 nitrogen and oxygen atoms in total. The number of alkyl halides is 3. The Morgan fingerprint density at radius 3 is 2.62 bits per heavy atom. The van der Waals surface area contributed by atoms with Crippen LogP contribution in [-0.2, 0) is 12.7 Å². The highest BCUT2D eigenvalue weighted by Crippen LogP contribution is 2.38. The van der Waals surface area contributed by atoms with Gasteiger partial charge in [-0.1, -0.05) is 28.9 Å². The van der Waals surface area contributed by atoms with Crippen molar-refractivity contribution in [1.82, 2.24) is 10.3 Å². The molecule has 114 valence electrons. The van der Waals surface area contributed by atoms with Gasteiger partial charge in [0.25, 0.3) is 0 Å². The average molecular weight is 379 g/mol. The molecule has 0 aliphatic carbocycles. The molecule has 0 saturated carbocycles. The number of nitrogens with one attached hydrogen (secondary N) is 1. The lowest BCUT2D eigenvalue weighted by atomic mass is 10.1. The summed E-state index contributed by atoms with van der Waals surface area (Å²) in [6.45, 7) is 4.51. The van der Waals surface area contributed by atoms with Crippen LogP contribution in [0.25, 0.3) is 10.6 Å². The number of aromatic nitrogens is 1. The van der Waals surface area contributed by atoms with Gasteiger partial charge in [0, 0.05) is 16.6 Å². The normalized spacial score (nSPS) is 11.9. The Hall–Kier alpha value is -0.920. The van der Waals surface area contributed by atoms with Gasteiger partial charge in [0.05, 0.1) is 4.88 Å². The summed E-state index contributed by atoms with van der Waals surface area (Å²) in [7, 11) is 0. The Labute approximate surface area is 133 Å². The molecule has 1 aromatic carbocycles. The van der Waals surface area contributed by atoms with Crippen LogP contribution in [0.1, 0.15) is 23.1 Å². The zero-order chi connectivity index (χ0) is 15.6. The minimum Gasteiger partial charge on any atom is -0.312 e. The van der Waals surface area contributed by atoms with Crippen LogP contribution in [0.5, 0.6) is 0 Å². The highest BCUT2D eigenvalue weighted by Gasteiger charge is 2.37. The largest absolute Gasteiger partial charge is 0.434 e. The smallest absolute Gasteiger partial charge is 0.312 e. The molecule has 21 heavy (non-hydrogen) atoms. The molecule has 7 heteroatoms. The van der Waals surface area contributed by atoms with Crippen molar-refractivity contribution in [2.75, 3.05) is 6.54 Å². The third-order valence-electron chi connectivity index (χ3n) is 2.92. The van der Waals surface area contributed by atoms with E-state index >= 15 is 0 Å². The molecule has 0 fully saturated rings. The van der Waals surface area contributed by atoms with E-state index in [0.29, 0.717) is 11.6 Å². The molecule has 0 aliphatic heterocycles. The van der Waals surface area contributed by atoms with Gasteiger partial charge in [-0.25, -0.2) is 4.98 Å². The third kappa shape index (κ3) is 3.84. The summed E-state index contributed by atoms with van der Waals surface area (Å²) in [5, 5.41) is 3.33. The van der Waals surface area contributed by atoms with Gasteiger partial charge in [-0.05, 0) is 31.2 Å². The van der Waals surface area contributed by atoms with E-state index in [9.17, 15) is 13.2 Å². The van der Waals surface area contributed by atoms with Gasteiger partial charge in [0.15, 0.2) is 5.69 Å². The number of halogens is 4. The van der Waals surface area contributed by atoms with Crippen molar-refractivity contribution < 1.29 is 13.2 Å². The molecule has 1 aromatic heterocycles. The second-order valence-corrected chi connectivity index (χ2v) is 6.53. The van der Waals surface area contributed by atoms with Crippen molar-refractivity contribution >= 4 is 27.3 Å². The highest BCUT2D eigenvalue weighted by molar-refractivity contribution is 9.10. The lowest BCUT2D eigenvalue weighted by Crippen LogP contribution is -2.15. The SMILES string of the molecule is CCNCc1sc(-c2ccc(Br)cc2C)nc1C(F)(F)F. The Morgan fingerprint density at radius 2 is 2.05 bits per heavy atom. The summed E-state index contributed by atoms with van der Waals surface area (Å²) >= 11 is 4.44. The number of benzene rings is 1. The summed E-state index contributed by atoms with van der Waals surface area (Å²) in [4.78, 5) is 4.06. The van der Waals surface area contributed by atoms with Crippen molar-refractivity contribution in [2.45, 2.75) is 26.6 Å². The molecule has 0 saturated heterocycles. The molecule has 0 radical (unpaired) electrons. The zero-order valence-corrected chi connectivity index (χ0v) is 13.9. The molecule has 0 unspecified atom stereocenters. The van der Waals surface area contributed by atoms with Crippen LogP contribution in [0.15, 0.2) is 22.7 Å². The number of hydrogen-bond donors (Lipinski definition) is 1. The zero-order valence-electron chi connectivity index (χ0n) is 11.5. The Morgan fingerprint density at radius 1 is 1.33 bits per heavy atom. The topological polar surface area (TPSA) is 24.9 Å². The maximum Gasteiger partial charge on any atom is 0.434 e. The van der Waals surface area contributed by atoms with Crippen LogP contribution in [-0.4, -0.2) is 11.5 Å². The molecular formula is C14H14BrF3N2S. The monoisotopic (exact) mass is 378 g/mol. The third-order valence-corrected chi connectivity index (χ3v) is 4.50. The van der Waals surface area contributed by atoms with Crippen molar-refractivity contribution in [3.8, 4) is 10.6 Å². The van der Waals surface area contributed by atoms with Gasteiger partial charge in [-0.15, -0.1) is 11.3 Å². The molecule has 2 rings (SSSR count). The van der Waals surface area contributed by atoms with E-state index < -0.39 is 11.9 Å².